The van der Waals surface area contributed by atoms with E-state index in [1.165, 1.54) is 16.0 Å². The average molecular weight is 414 g/mol. The number of thiazole rings is 1. The van der Waals surface area contributed by atoms with E-state index < -0.39 is 0 Å². The summed E-state index contributed by atoms with van der Waals surface area (Å²) in [5, 5.41) is 8.35. The van der Waals surface area contributed by atoms with Gasteiger partial charge in [-0.25, -0.2) is 9.67 Å². The molecule has 1 saturated heterocycles. The minimum atomic E-state index is -0.335. The molecule has 0 bridgehead atoms. The summed E-state index contributed by atoms with van der Waals surface area (Å²) in [7, 11) is 0. The molecule has 9 heteroatoms. The second-order valence-electron chi connectivity index (χ2n) is 7.71. The van der Waals surface area contributed by atoms with E-state index in [4.69, 9.17) is 4.42 Å². The van der Waals surface area contributed by atoms with E-state index in [1.54, 1.807) is 12.3 Å². The minimum Gasteiger partial charge on any atom is -0.463 e. The Morgan fingerprint density at radius 3 is 2.76 bits per heavy atom. The molecule has 1 N–H and O–H groups in total. The predicted molar refractivity (Wildman–Crippen MR) is 111 cm³/mol. The van der Waals surface area contributed by atoms with Gasteiger partial charge in [-0.1, -0.05) is 24.2 Å². The first-order chi connectivity index (χ1) is 14.2. The molecule has 1 amide bonds. The number of hydrogen-bond acceptors (Lipinski definition) is 7. The Morgan fingerprint density at radius 1 is 1.24 bits per heavy atom. The van der Waals surface area contributed by atoms with Crippen LogP contribution in [-0.2, 0) is 11.3 Å². The van der Waals surface area contributed by atoms with Crippen molar-refractivity contribution in [1.29, 1.82) is 0 Å². The number of anilines is 1. The molecule has 3 aromatic heterocycles. The zero-order chi connectivity index (χ0) is 19.8. The van der Waals surface area contributed by atoms with Crippen molar-refractivity contribution >= 4 is 32.6 Å². The molecule has 1 aliphatic heterocycles. The number of aromatic nitrogens is 3. The van der Waals surface area contributed by atoms with Gasteiger partial charge in [0.1, 0.15) is 12.2 Å². The van der Waals surface area contributed by atoms with Gasteiger partial charge in [-0.3, -0.25) is 9.59 Å². The van der Waals surface area contributed by atoms with Gasteiger partial charge >= 0.3 is 0 Å². The maximum absolute atomic E-state index is 13.1. The summed E-state index contributed by atoms with van der Waals surface area (Å²) < 4.78 is 7.48. The first-order valence-corrected chi connectivity index (χ1v) is 11.0. The number of rotatable bonds is 5. The standard InChI is InChI=1S/C20H23N5O3S/c26-15(21-13-6-1-2-7-13)12-25-19(27)17-18(16(23-25)14-8-5-11-28-14)29-20(22-17)24-9-3-4-10-24/h5,8,11,13H,1-4,6-7,9-10,12H2,(H,21,26). The number of amides is 1. The number of furan rings is 1. The molecule has 5 rings (SSSR count). The van der Waals surface area contributed by atoms with Crippen LogP contribution in [0.3, 0.4) is 0 Å². The van der Waals surface area contributed by atoms with Gasteiger partial charge < -0.3 is 14.6 Å². The second-order valence-corrected chi connectivity index (χ2v) is 8.68. The SMILES string of the molecule is O=C(Cn1nc(-c2ccco2)c2sc(N3CCCC3)nc2c1=O)NC1CCCC1. The number of carbonyl (C=O) groups is 1. The molecular weight excluding hydrogens is 390 g/mol. The molecule has 8 nitrogen and oxygen atoms in total. The number of nitrogens with zero attached hydrogens (tertiary/aromatic N) is 4. The van der Waals surface area contributed by atoms with Gasteiger partial charge in [0.2, 0.25) is 5.91 Å². The molecule has 2 aliphatic rings. The van der Waals surface area contributed by atoms with E-state index >= 15 is 0 Å². The van der Waals surface area contributed by atoms with Gasteiger partial charge in [0, 0.05) is 19.1 Å². The lowest BCUT2D eigenvalue weighted by Crippen LogP contribution is -2.38. The third kappa shape index (κ3) is 3.55. The fourth-order valence-electron chi connectivity index (χ4n) is 4.15. The summed E-state index contributed by atoms with van der Waals surface area (Å²) >= 11 is 1.47. The monoisotopic (exact) mass is 413 g/mol. The molecule has 152 valence electrons. The molecule has 2 fully saturated rings. The third-order valence-corrected chi connectivity index (χ3v) is 6.76. The van der Waals surface area contributed by atoms with Crippen LogP contribution in [0.15, 0.2) is 27.6 Å². The fraction of sp³-hybridized carbons (Fsp3) is 0.500. The van der Waals surface area contributed by atoms with Crippen LogP contribution in [0.4, 0.5) is 5.13 Å². The summed E-state index contributed by atoms with van der Waals surface area (Å²) in [4.78, 5) is 32.4. The van der Waals surface area contributed by atoms with Crippen LogP contribution in [0.1, 0.15) is 38.5 Å². The Kier molecular flexibility index (Phi) is 4.83. The number of fused-ring (bicyclic) bond motifs is 1. The number of hydrogen-bond donors (Lipinski definition) is 1. The van der Waals surface area contributed by atoms with Gasteiger partial charge in [0.15, 0.2) is 16.4 Å². The van der Waals surface area contributed by atoms with Crippen molar-refractivity contribution in [3.05, 3.63) is 28.7 Å². The number of carbonyl (C=O) groups excluding carboxylic acids is 1. The quantitative estimate of drug-likeness (QED) is 0.691. The van der Waals surface area contributed by atoms with Crippen molar-refractivity contribution in [1.82, 2.24) is 20.1 Å². The molecule has 3 aromatic rings. The Balaban J connectivity index is 1.54. The fourth-order valence-corrected chi connectivity index (χ4v) is 5.25. The first kappa shape index (κ1) is 18.4. The molecule has 4 heterocycles. The highest BCUT2D eigenvalue weighted by molar-refractivity contribution is 7.22. The lowest BCUT2D eigenvalue weighted by molar-refractivity contribution is -0.122. The van der Waals surface area contributed by atoms with Crippen LogP contribution < -0.4 is 15.8 Å². The van der Waals surface area contributed by atoms with Crippen molar-refractivity contribution < 1.29 is 9.21 Å². The van der Waals surface area contributed by atoms with Crippen LogP contribution in [-0.4, -0.2) is 39.8 Å². The van der Waals surface area contributed by atoms with Crippen molar-refractivity contribution in [2.75, 3.05) is 18.0 Å². The summed E-state index contributed by atoms with van der Waals surface area (Å²) in [6, 6.07) is 3.80. The molecule has 0 atom stereocenters. The van der Waals surface area contributed by atoms with Gasteiger partial charge in [-0.2, -0.15) is 5.10 Å². The maximum atomic E-state index is 13.1. The smallest absolute Gasteiger partial charge is 0.294 e. The third-order valence-electron chi connectivity index (χ3n) is 5.63. The normalized spacial score (nSPS) is 17.4. The van der Waals surface area contributed by atoms with Gasteiger partial charge in [-0.05, 0) is 37.8 Å². The Hall–Kier alpha value is -2.68. The summed E-state index contributed by atoms with van der Waals surface area (Å²) in [5.74, 6) is 0.378. The van der Waals surface area contributed by atoms with Crippen LogP contribution in [0.25, 0.3) is 21.7 Å². The molecule has 1 saturated carbocycles. The number of nitrogens with one attached hydrogen (secondary N) is 1. The van der Waals surface area contributed by atoms with Crippen LogP contribution in [0.2, 0.25) is 0 Å². The van der Waals surface area contributed by atoms with Crippen LogP contribution >= 0.6 is 11.3 Å². The Labute approximate surface area is 171 Å². The van der Waals surface area contributed by atoms with Crippen molar-refractivity contribution in [3.63, 3.8) is 0 Å². The van der Waals surface area contributed by atoms with Crippen LogP contribution in [0.5, 0.6) is 0 Å². The molecule has 0 radical (unpaired) electrons. The van der Waals surface area contributed by atoms with E-state index in [9.17, 15) is 9.59 Å². The largest absolute Gasteiger partial charge is 0.463 e. The minimum absolute atomic E-state index is 0.116. The second kappa shape index (κ2) is 7.62. The van der Waals surface area contributed by atoms with E-state index in [2.05, 4.69) is 20.3 Å². The van der Waals surface area contributed by atoms with Crippen LogP contribution in [0, 0.1) is 0 Å². The highest BCUT2D eigenvalue weighted by Gasteiger charge is 2.24. The van der Waals surface area contributed by atoms with Crippen molar-refractivity contribution in [2.45, 2.75) is 51.1 Å². The van der Waals surface area contributed by atoms with Crippen molar-refractivity contribution in [2.24, 2.45) is 0 Å². The summed E-state index contributed by atoms with van der Waals surface area (Å²) in [6.45, 7) is 1.78. The highest BCUT2D eigenvalue weighted by Crippen LogP contribution is 2.35. The highest BCUT2D eigenvalue weighted by atomic mass is 32.1. The summed E-state index contributed by atoms with van der Waals surface area (Å²) in [5.41, 5.74) is 0.576. The van der Waals surface area contributed by atoms with Crippen molar-refractivity contribution in [3.8, 4) is 11.5 Å². The van der Waals surface area contributed by atoms with Gasteiger partial charge in [0.05, 0.1) is 11.0 Å². The topological polar surface area (TPSA) is 93.3 Å². The molecule has 0 aromatic carbocycles. The zero-order valence-corrected chi connectivity index (χ0v) is 16.9. The van der Waals surface area contributed by atoms with E-state index in [0.29, 0.717) is 21.7 Å². The first-order valence-electron chi connectivity index (χ1n) is 10.2. The molecule has 1 aliphatic carbocycles. The average Bonchev–Trinajstić information content (AvgIpc) is 3.50. The molecule has 0 spiro atoms. The Morgan fingerprint density at radius 2 is 2.03 bits per heavy atom. The molecule has 0 unspecified atom stereocenters. The van der Waals surface area contributed by atoms with Gasteiger partial charge in [0.25, 0.3) is 5.56 Å². The predicted octanol–water partition coefficient (Wildman–Crippen LogP) is 2.77. The van der Waals surface area contributed by atoms with Gasteiger partial charge in [-0.15, -0.1) is 0 Å². The Bertz CT molecular complexity index is 1080. The zero-order valence-electron chi connectivity index (χ0n) is 16.1. The molecule has 29 heavy (non-hydrogen) atoms. The maximum Gasteiger partial charge on any atom is 0.294 e. The van der Waals surface area contributed by atoms with E-state index in [0.717, 1.165) is 56.7 Å². The lowest BCUT2D eigenvalue weighted by Gasteiger charge is -2.12. The summed E-state index contributed by atoms with van der Waals surface area (Å²) in [6.07, 6.45) is 8.10. The molecular formula is C20H23N5O3S. The van der Waals surface area contributed by atoms with E-state index in [-0.39, 0.29) is 24.1 Å². The lowest BCUT2D eigenvalue weighted by atomic mass is 10.2. The van der Waals surface area contributed by atoms with E-state index in [1.807, 2.05) is 6.07 Å².